The molecule has 6 heteroatoms. The van der Waals surface area contributed by atoms with Crippen LogP contribution in [0.4, 0.5) is 0 Å². The number of nitrogens with zero attached hydrogens (tertiary/aromatic N) is 2. The summed E-state index contributed by atoms with van der Waals surface area (Å²) in [4.78, 5) is 26.0. The molecule has 1 saturated carbocycles. The van der Waals surface area contributed by atoms with Gasteiger partial charge in [0.2, 0.25) is 0 Å². The number of carboxylic acid groups (broad SMARTS) is 1. The number of halogens is 1. The zero-order chi connectivity index (χ0) is 15.1. The maximum Gasteiger partial charge on any atom is 0.326 e. The lowest BCUT2D eigenvalue weighted by atomic mass is 9.84. The fourth-order valence-electron chi connectivity index (χ4n) is 3.84. The van der Waals surface area contributed by atoms with Crippen molar-refractivity contribution in [1.29, 1.82) is 0 Å². The summed E-state index contributed by atoms with van der Waals surface area (Å²) in [5, 5.41) is 9.97. The normalized spacial score (nSPS) is 28.5. The van der Waals surface area contributed by atoms with Crippen LogP contribution in [0.25, 0.3) is 0 Å². The smallest absolute Gasteiger partial charge is 0.326 e. The summed E-state index contributed by atoms with van der Waals surface area (Å²) in [6, 6.07) is 0.958. The number of carbonyl (C=O) groups is 2. The molecule has 0 spiro atoms. The lowest BCUT2D eigenvalue weighted by molar-refractivity contribution is -0.141. The van der Waals surface area contributed by atoms with Gasteiger partial charge in [-0.3, -0.25) is 4.79 Å². The van der Waals surface area contributed by atoms with Gasteiger partial charge in [-0.2, -0.15) is 0 Å². The van der Waals surface area contributed by atoms with Gasteiger partial charge in [0.15, 0.2) is 0 Å². The summed E-state index contributed by atoms with van der Waals surface area (Å²) in [5.41, 5.74) is 0.456. The maximum absolute atomic E-state index is 12.8. The van der Waals surface area contributed by atoms with Crippen molar-refractivity contribution < 1.29 is 14.7 Å². The first kappa shape index (κ1) is 14.4. The third-order valence-corrected chi connectivity index (χ3v) is 5.01. The number of amides is 1. The number of aromatic nitrogens is 1. The van der Waals surface area contributed by atoms with Crippen LogP contribution in [-0.2, 0) is 11.8 Å². The van der Waals surface area contributed by atoms with Crippen molar-refractivity contribution in [3.05, 3.63) is 23.0 Å². The molecule has 0 aromatic carbocycles. The Morgan fingerprint density at radius 3 is 2.67 bits per heavy atom. The van der Waals surface area contributed by atoms with Crippen molar-refractivity contribution in [2.45, 2.75) is 44.2 Å². The van der Waals surface area contributed by atoms with E-state index in [0.717, 1.165) is 25.7 Å². The van der Waals surface area contributed by atoms with Gasteiger partial charge in [-0.15, -0.1) is 0 Å². The van der Waals surface area contributed by atoms with Gasteiger partial charge in [0.05, 0.1) is 5.02 Å². The largest absolute Gasteiger partial charge is 0.480 e. The highest BCUT2D eigenvalue weighted by Crippen LogP contribution is 2.40. The van der Waals surface area contributed by atoms with Crippen molar-refractivity contribution in [3.8, 4) is 0 Å². The Bertz CT molecular complexity index is 583. The zero-order valence-corrected chi connectivity index (χ0v) is 12.7. The topological polar surface area (TPSA) is 62.5 Å². The zero-order valence-electron chi connectivity index (χ0n) is 12.0. The molecule has 114 valence electrons. The molecule has 1 amide bonds. The minimum Gasteiger partial charge on any atom is -0.480 e. The number of likely N-dealkylation sites (tertiary alicyclic amines) is 1. The van der Waals surface area contributed by atoms with Crippen LogP contribution in [0, 0.1) is 5.92 Å². The summed E-state index contributed by atoms with van der Waals surface area (Å²) < 4.78 is 1.67. The van der Waals surface area contributed by atoms with Crippen LogP contribution in [0.1, 0.15) is 42.6 Å². The highest BCUT2D eigenvalue weighted by molar-refractivity contribution is 6.31. The van der Waals surface area contributed by atoms with E-state index in [-0.39, 0.29) is 11.9 Å². The van der Waals surface area contributed by atoms with Gasteiger partial charge in [0.1, 0.15) is 11.7 Å². The number of rotatable bonds is 2. The number of aryl methyl sites for hydroxylation is 1. The highest BCUT2D eigenvalue weighted by Gasteiger charge is 2.48. The summed E-state index contributed by atoms with van der Waals surface area (Å²) in [5.74, 6) is -0.802. The number of hydrogen-bond acceptors (Lipinski definition) is 2. The first-order valence-electron chi connectivity index (χ1n) is 7.36. The molecule has 1 aromatic rings. The van der Waals surface area contributed by atoms with Crippen LogP contribution in [0.15, 0.2) is 12.3 Å². The van der Waals surface area contributed by atoms with Crippen molar-refractivity contribution >= 4 is 23.5 Å². The average Bonchev–Trinajstić information content (AvgIpc) is 2.98. The monoisotopic (exact) mass is 310 g/mol. The van der Waals surface area contributed by atoms with Crippen molar-refractivity contribution in [2.75, 3.05) is 0 Å². The molecule has 1 aromatic heterocycles. The SMILES string of the molecule is Cn1cc(Cl)cc1C(=O)N1[C@H](C(=O)O)C[C@@H]2CCCC[C@@H]21. The average molecular weight is 311 g/mol. The Morgan fingerprint density at radius 1 is 1.33 bits per heavy atom. The fourth-order valence-corrected chi connectivity index (χ4v) is 4.09. The van der Waals surface area contributed by atoms with E-state index in [4.69, 9.17) is 11.6 Å². The molecule has 3 atom stereocenters. The molecule has 1 aliphatic heterocycles. The molecule has 2 heterocycles. The van der Waals surface area contributed by atoms with E-state index < -0.39 is 12.0 Å². The second kappa shape index (κ2) is 5.37. The Balaban J connectivity index is 1.94. The van der Waals surface area contributed by atoms with E-state index in [1.165, 1.54) is 0 Å². The summed E-state index contributed by atoms with van der Waals surface area (Å²) in [6.45, 7) is 0. The van der Waals surface area contributed by atoms with E-state index in [1.54, 1.807) is 28.8 Å². The molecule has 1 aliphatic carbocycles. The van der Waals surface area contributed by atoms with Crippen molar-refractivity contribution in [2.24, 2.45) is 13.0 Å². The standard InChI is InChI=1S/C15H19ClN2O3/c1-17-8-10(16)7-12(17)14(19)18-11-5-3-2-4-9(11)6-13(18)15(20)21/h7-9,11,13H,2-6H2,1H3,(H,20,21)/t9-,11-,13-/m0/s1. The Morgan fingerprint density at radius 2 is 2.05 bits per heavy atom. The molecular formula is C15H19ClN2O3. The molecule has 0 radical (unpaired) electrons. The lowest BCUT2D eigenvalue weighted by Gasteiger charge is -2.33. The molecule has 2 aliphatic rings. The van der Waals surface area contributed by atoms with E-state index in [2.05, 4.69) is 0 Å². The minimum absolute atomic E-state index is 0.0565. The van der Waals surface area contributed by atoms with Crippen LogP contribution < -0.4 is 0 Å². The Labute approximate surface area is 128 Å². The summed E-state index contributed by atoms with van der Waals surface area (Å²) in [6.07, 6.45) is 6.35. The highest BCUT2D eigenvalue weighted by atomic mass is 35.5. The van der Waals surface area contributed by atoms with Gasteiger partial charge in [-0.25, -0.2) is 4.79 Å². The number of aliphatic carboxylic acids is 1. The van der Waals surface area contributed by atoms with Crippen LogP contribution in [0.5, 0.6) is 0 Å². The van der Waals surface area contributed by atoms with Crippen LogP contribution in [-0.4, -0.2) is 38.5 Å². The first-order valence-corrected chi connectivity index (χ1v) is 7.74. The third-order valence-electron chi connectivity index (χ3n) is 4.80. The number of carboxylic acids is 1. The molecule has 3 rings (SSSR count). The predicted molar refractivity (Wildman–Crippen MR) is 78.4 cm³/mol. The molecule has 1 saturated heterocycles. The van der Waals surface area contributed by atoms with Gasteiger partial charge in [0.25, 0.3) is 5.91 Å². The van der Waals surface area contributed by atoms with Gasteiger partial charge in [-0.05, 0) is 31.2 Å². The molecule has 0 bridgehead atoms. The number of fused-ring (bicyclic) bond motifs is 1. The minimum atomic E-state index is -0.905. The van der Waals surface area contributed by atoms with Crippen molar-refractivity contribution in [3.63, 3.8) is 0 Å². The fraction of sp³-hybridized carbons (Fsp3) is 0.600. The predicted octanol–water partition coefficient (Wildman–Crippen LogP) is 2.54. The number of hydrogen-bond donors (Lipinski definition) is 1. The van der Waals surface area contributed by atoms with Gasteiger partial charge < -0.3 is 14.6 Å². The molecule has 0 unspecified atom stereocenters. The quantitative estimate of drug-likeness (QED) is 0.913. The molecule has 21 heavy (non-hydrogen) atoms. The lowest BCUT2D eigenvalue weighted by Crippen LogP contribution is -2.46. The van der Waals surface area contributed by atoms with E-state index in [1.807, 2.05) is 0 Å². The van der Waals surface area contributed by atoms with Gasteiger partial charge in [-0.1, -0.05) is 24.4 Å². The second-order valence-corrected chi connectivity index (χ2v) is 6.50. The van der Waals surface area contributed by atoms with Gasteiger partial charge >= 0.3 is 5.97 Å². The molecular weight excluding hydrogens is 292 g/mol. The number of carbonyl (C=O) groups excluding carboxylic acids is 1. The van der Waals surface area contributed by atoms with E-state index in [9.17, 15) is 14.7 Å². The van der Waals surface area contributed by atoms with Crippen LogP contribution >= 0.6 is 11.6 Å². The summed E-state index contributed by atoms with van der Waals surface area (Å²) in [7, 11) is 1.75. The molecule has 2 fully saturated rings. The maximum atomic E-state index is 12.8. The summed E-state index contributed by atoms with van der Waals surface area (Å²) >= 11 is 5.94. The molecule has 5 nitrogen and oxygen atoms in total. The van der Waals surface area contributed by atoms with Crippen molar-refractivity contribution in [1.82, 2.24) is 9.47 Å². The van der Waals surface area contributed by atoms with E-state index in [0.29, 0.717) is 23.1 Å². The third kappa shape index (κ3) is 2.44. The van der Waals surface area contributed by atoms with Crippen LogP contribution in [0.3, 0.4) is 0 Å². The van der Waals surface area contributed by atoms with E-state index >= 15 is 0 Å². The van der Waals surface area contributed by atoms with Gasteiger partial charge in [0, 0.05) is 19.3 Å². The Hall–Kier alpha value is -1.49. The second-order valence-electron chi connectivity index (χ2n) is 6.07. The molecule has 1 N–H and O–H groups in total. The Kier molecular flexibility index (Phi) is 3.69. The van der Waals surface area contributed by atoms with Crippen LogP contribution in [0.2, 0.25) is 5.02 Å². The first-order chi connectivity index (χ1) is 9.99.